The van der Waals surface area contributed by atoms with Gasteiger partial charge in [0.2, 0.25) is 11.5 Å². The summed E-state index contributed by atoms with van der Waals surface area (Å²) in [6.45, 7) is 2.69. The van der Waals surface area contributed by atoms with Crippen molar-refractivity contribution in [3.63, 3.8) is 0 Å². The average Bonchev–Trinajstić information content (AvgIpc) is 3.03. The van der Waals surface area contributed by atoms with Crippen molar-refractivity contribution in [2.75, 3.05) is 27.3 Å². The molecule has 0 aromatic heterocycles. The molecule has 0 bridgehead atoms. The molecular weight excluding hydrogens is 398 g/mol. The molecule has 1 saturated heterocycles. The van der Waals surface area contributed by atoms with E-state index in [-0.39, 0.29) is 40.7 Å². The molecule has 4 rings (SSSR count). The molecule has 0 spiro atoms. The molecule has 3 N–H and O–H groups in total. The number of fused-ring (bicyclic) bond motifs is 1. The molecule has 1 unspecified atom stereocenters. The van der Waals surface area contributed by atoms with E-state index in [9.17, 15) is 20.1 Å². The van der Waals surface area contributed by atoms with Gasteiger partial charge in [0.1, 0.15) is 5.60 Å². The molecule has 2 aliphatic rings. The van der Waals surface area contributed by atoms with Gasteiger partial charge in [-0.2, -0.15) is 0 Å². The number of benzene rings is 2. The van der Waals surface area contributed by atoms with E-state index < -0.39 is 17.1 Å². The molecule has 166 valence electrons. The molecule has 2 aromatic carbocycles. The highest BCUT2D eigenvalue weighted by molar-refractivity contribution is 6.10. The molecule has 0 saturated carbocycles. The number of hydrogen-bond donors (Lipinski definition) is 3. The summed E-state index contributed by atoms with van der Waals surface area (Å²) >= 11 is 0. The summed E-state index contributed by atoms with van der Waals surface area (Å²) < 4.78 is 10.3. The number of carbonyl (C=O) groups is 1. The first-order valence-electron chi connectivity index (χ1n) is 10.6. The Bertz CT molecular complexity index is 968. The molecule has 31 heavy (non-hydrogen) atoms. The minimum absolute atomic E-state index is 0.0370. The van der Waals surface area contributed by atoms with E-state index in [4.69, 9.17) is 9.47 Å². The number of nitrogens with zero attached hydrogens (tertiary/aromatic N) is 1. The van der Waals surface area contributed by atoms with Crippen molar-refractivity contribution in [1.29, 1.82) is 0 Å². The maximum absolute atomic E-state index is 13.1. The number of Topliss-reactive ketones (excluding diaryl/α,β-unsaturated/α-hetero) is 1. The highest BCUT2D eigenvalue weighted by Crippen LogP contribution is 2.53. The van der Waals surface area contributed by atoms with Crippen molar-refractivity contribution in [1.82, 2.24) is 4.90 Å². The summed E-state index contributed by atoms with van der Waals surface area (Å²) in [5.41, 5.74) is -0.237. The van der Waals surface area contributed by atoms with Crippen LogP contribution in [0.3, 0.4) is 0 Å². The van der Waals surface area contributed by atoms with Crippen LogP contribution in [0.5, 0.6) is 23.0 Å². The zero-order valence-corrected chi connectivity index (χ0v) is 17.9. The van der Waals surface area contributed by atoms with Crippen LogP contribution in [0.25, 0.3) is 0 Å². The second kappa shape index (κ2) is 8.40. The van der Waals surface area contributed by atoms with Gasteiger partial charge < -0.3 is 24.8 Å². The highest BCUT2D eigenvalue weighted by atomic mass is 16.5. The van der Waals surface area contributed by atoms with Crippen LogP contribution < -0.4 is 9.47 Å². The van der Waals surface area contributed by atoms with Crippen LogP contribution in [0.1, 0.15) is 40.7 Å². The summed E-state index contributed by atoms with van der Waals surface area (Å²) in [5.74, 6) is -1.19. The van der Waals surface area contributed by atoms with E-state index in [1.165, 1.54) is 19.8 Å². The topological polar surface area (TPSA) is 99.5 Å². The lowest BCUT2D eigenvalue weighted by atomic mass is 9.82. The lowest BCUT2D eigenvalue weighted by Gasteiger charge is -2.35. The van der Waals surface area contributed by atoms with Crippen molar-refractivity contribution >= 4 is 5.78 Å². The van der Waals surface area contributed by atoms with Crippen LogP contribution in [0, 0.1) is 5.92 Å². The van der Waals surface area contributed by atoms with Crippen LogP contribution in [-0.2, 0) is 13.0 Å². The number of carbonyl (C=O) groups excluding carboxylic acids is 1. The van der Waals surface area contributed by atoms with Crippen molar-refractivity contribution in [2.24, 2.45) is 5.92 Å². The SMILES string of the molecule is COc1c(O)c2c(c(O)c1OC)C(=O)C(O)(CC1CCN(Cc3ccccc3)CC1)C2. The first kappa shape index (κ1) is 21.5. The van der Waals surface area contributed by atoms with Crippen LogP contribution in [0.15, 0.2) is 30.3 Å². The Morgan fingerprint density at radius 3 is 2.26 bits per heavy atom. The molecule has 7 heteroatoms. The van der Waals surface area contributed by atoms with Gasteiger partial charge in [0.15, 0.2) is 17.3 Å². The molecule has 1 aliphatic carbocycles. The number of hydrogen-bond acceptors (Lipinski definition) is 7. The minimum atomic E-state index is -1.65. The molecule has 2 aromatic rings. The summed E-state index contributed by atoms with van der Waals surface area (Å²) in [5, 5.41) is 32.4. The quantitative estimate of drug-likeness (QED) is 0.610. The fourth-order valence-corrected chi connectivity index (χ4v) is 4.96. The standard InChI is InChI=1S/C24H29NO6/c1-30-21-19(26)17-13-24(29,23(28)18(17)20(27)22(21)31-2)12-15-8-10-25(11-9-15)14-16-6-4-3-5-7-16/h3-7,15,26-27,29H,8-14H2,1-2H3. The van der Waals surface area contributed by atoms with Crippen molar-refractivity contribution < 1.29 is 29.6 Å². The maximum atomic E-state index is 13.1. The smallest absolute Gasteiger partial charge is 0.207 e. The lowest BCUT2D eigenvalue weighted by molar-refractivity contribution is 0.0162. The Kier molecular flexibility index (Phi) is 5.81. The fraction of sp³-hybridized carbons (Fsp3) is 0.458. The van der Waals surface area contributed by atoms with Gasteiger partial charge in [-0.1, -0.05) is 30.3 Å². The van der Waals surface area contributed by atoms with Gasteiger partial charge in [0, 0.05) is 18.5 Å². The molecule has 1 fully saturated rings. The monoisotopic (exact) mass is 427 g/mol. The average molecular weight is 427 g/mol. The first-order valence-corrected chi connectivity index (χ1v) is 10.6. The first-order chi connectivity index (χ1) is 14.9. The zero-order valence-electron chi connectivity index (χ0n) is 17.9. The summed E-state index contributed by atoms with van der Waals surface area (Å²) in [4.78, 5) is 15.5. The Labute approximate surface area is 181 Å². The van der Waals surface area contributed by atoms with Gasteiger partial charge in [0.05, 0.1) is 19.8 Å². The van der Waals surface area contributed by atoms with Gasteiger partial charge in [-0.15, -0.1) is 0 Å². The van der Waals surface area contributed by atoms with Crippen LogP contribution in [0.4, 0.5) is 0 Å². The largest absolute Gasteiger partial charge is 0.504 e. The van der Waals surface area contributed by atoms with Crippen LogP contribution in [0.2, 0.25) is 0 Å². The zero-order chi connectivity index (χ0) is 22.2. The Morgan fingerprint density at radius 1 is 1.03 bits per heavy atom. The van der Waals surface area contributed by atoms with Gasteiger partial charge in [-0.25, -0.2) is 0 Å². The number of phenolic OH excluding ortho intramolecular Hbond substituents is 2. The van der Waals surface area contributed by atoms with E-state index in [1.807, 2.05) is 18.2 Å². The second-order valence-corrected chi connectivity index (χ2v) is 8.56. The number of piperidine rings is 1. The number of likely N-dealkylation sites (tertiary alicyclic amines) is 1. The predicted molar refractivity (Wildman–Crippen MR) is 115 cm³/mol. The Hall–Kier alpha value is -2.77. The van der Waals surface area contributed by atoms with Crippen molar-refractivity contribution in [3.05, 3.63) is 47.0 Å². The van der Waals surface area contributed by atoms with Crippen molar-refractivity contribution in [3.8, 4) is 23.0 Å². The lowest BCUT2D eigenvalue weighted by Crippen LogP contribution is -2.41. The number of aromatic hydroxyl groups is 2. The van der Waals surface area contributed by atoms with E-state index in [0.717, 1.165) is 32.5 Å². The van der Waals surface area contributed by atoms with Gasteiger partial charge in [-0.3, -0.25) is 9.69 Å². The minimum Gasteiger partial charge on any atom is -0.504 e. The van der Waals surface area contributed by atoms with E-state index >= 15 is 0 Å². The predicted octanol–water partition coefficient (Wildman–Crippen LogP) is 2.89. The van der Waals surface area contributed by atoms with Crippen LogP contribution >= 0.6 is 0 Å². The third-order valence-corrected chi connectivity index (χ3v) is 6.57. The molecule has 1 aliphatic heterocycles. The van der Waals surface area contributed by atoms with E-state index in [1.54, 1.807) is 0 Å². The summed E-state index contributed by atoms with van der Waals surface area (Å²) in [6.07, 6.45) is 2.00. The fourth-order valence-electron chi connectivity index (χ4n) is 4.96. The van der Waals surface area contributed by atoms with E-state index in [2.05, 4.69) is 17.0 Å². The third-order valence-electron chi connectivity index (χ3n) is 6.57. The number of methoxy groups -OCH3 is 2. The molecule has 7 nitrogen and oxygen atoms in total. The number of phenols is 2. The maximum Gasteiger partial charge on any atom is 0.207 e. The van der Waals surface area contributed by atoms with Gasteiger partial charge in [-0.05, 0) is 43.8 Å². The van der Waals surface area contributed by atoms with Gasteiger partial charge in [0.25, 0.3) is 0 Å². The Morgan fingerprint density at radius 2 is 1.65 bits per heavy atom. The molecular formula is C24H29NO6. The second-order valence-electron chi connectivity index (χ2n) is 8.56. The molecule has 0 amide bonds. The number of ketones is 1. The molecule has 1 heterocycles. The Balaban J connectivity index is 1.46. The number of ether oxygens (including phenoxy) is 2. The normalized spacial score (nSPS) is 21.8. The number of rotatable bonds is 6. The van der Waals surface area contributed by atoms with Gasteiger partial charge >= 0.3 is 0 Å². The summed E-state index contributed by atoms with van der Waals surface area (Å²) in [6, 6.07) is 10.3. The molecule has 1 atom stereocenters. The highest BCUT2D eigenvalue weighted by Gasteiger charge is 2.49. The molecule has 0 radical (unpaired) electrons. The van der Waals surface area contributed by atoms with Crippen molar-refractivity contribution in [2.45, 2.75) is 37.8 Å². The van der Waals surface area contributed by atoms with Crippen LogP contribution in [-0.4, -0.2) is 58.9 Å². The number of aliphatic hydroxyl groups is 1. The van der Waals surface area contributed by atoms with E-state index in [0.29, 0.717) is 6.42 Å². The third kappa shape index (κ3) is 3.83. The summed E-state index contributed by atoms with van der Waals surface area (Å²) in [7, 11) is 2.66.